The van der Waals surface area contributed by atoms with E-state index < -0.39 is 0 Å². The van der Waals surface area contributed by atoms with Gasteiger partial charge in [0.1, 0.15) is 5.65 Å². The summed E-state index contributed by atoms with van der Waals surface area (Å²) in [7, 11) is 0. The van der Waals surface area contributed by atoms with Crippen molar-refractivity contribution in [2.24, 2.45) is 0 Å². The Morgan fingerprint density at radius 2 is 2.07 bits per heavy atom. The largest absolute Gasteiger partial charge is 0.325 e. The maximum atomic E-state index is 12.3. The molecule has 0 saturated carbocycles. The van der Waals surface area contributed by atoms with Crippen LogP contribution in [0, 0.1) is 6.92 Å². The molecule has 1 N–H and O–H groups in total. The van der Waals surface area contributed by atoms with Gasteiger partial charge in [-0.25, -0.2) is 4.98 Å². The van der Waals surface area contributed by atoms with Crippen LogP contribution in [-0.2, 0) is 21.8 Å². The van der Waals surface area contributed by atoms with Crippen LogP contribution in [0.3, 0.4) is 0 Å². The lowest BCUT2D eigenvalue weighted by Crippen LogP contribution is -2.25. The van der Waals surface area contributed by atoms with E-state index in [-0.39, 0.29) is 11.8 Å². The predicted octanol–water partition coefficient (Wildman–Crippen LogP) is 3.42. The molecular formula is C21H22N4O2S. The van der Waals surface area contributed by atoms with E-state index in [4.69, 9.17) is 0 Å². The summed E-state index contributed by atoms with van der Waals surface area (Å²) >= 11 is 1.54. The highest BCUT2D eigenvalue weighted by molar-refractivity contribution is 7.99. The fourth-order valence-corrected chi connectivity index (χ4v) is 4.18. The Bertz CT molecular complexity index is 1060. The van der Waals surface area contributed by atoms with Crippen LogP contribution < -0.4 is 10.2 Å². The van der Waals surface area contributed by atoms with Crippen LogP contribution in [0.15, 0.2) is 42.7 Å². The molecule has 6 nitrogen and oxygen atoms in total. The van der Waals surface area contributed by atoms with Crippen molar-refractivity contribution in [3.8, 4) is 0 Å². The lowest BCUT2D eigenvalue weighted by atomic mass is 10.1. The summed E-state index contributed by atoms with van der Waals surface area (Å²) in [5.41, 5.74) is 5.89. The van der Waals surface area contributed by atoms with Crippen molar-refractivity contribution in [2.45, 2.75) is 26.0 Å². The average Bonchev–Trinajstić information content (AvgIpc) is 3.24. The van der Waals surface area contributed by atoms with Crippen molar-refractivity contribution in [1.82, 2.24) is 9.38 Å². The second-order valence-corrected chi connectivity index (χ2v) is 7.99. The summed E-state index contributed by atoms with van der Waals surface area (Å²) in [4.78, 5) is 30.2. The second-order valence-electron chi connectivity index (χ2n) is 7.01. The van der Waals surface area contributed by atoms with E-state index in [1.54, 1.807) is 23.6 Å². The van der Waals surface area contributed by atoms with Gasteiger partial charge in [0.05, 0.1) is 11.4 Å². The molecule has 3 heterocycles. The van der Waals surface area contributed by atoms with Crippen molar-refractivity contribution in [3.05, 3.63) is 59.5 Å². The molecule has 1 aliphatic heterocycles. The molecule has 0 saturated heterocycles. The van der Waals surface area contributed by atoms with Crippen molar-refractivity contribution in [3.63, 3.8) is 0 Å². The highest BCUT2D eigenvalue weighted by atomic mass is 32.2. The van der Waals surface area contributed by atoms with Crippen LogP contribution in [0.2, 0.25) is 0 Å². The Kier molecular flexibility index (Phi) is 5.09. The number of benzene rings is 1. The number of aryl methyl sites for hydroxylation is 1. The summed E-state index contributed by atoms with van der Waals surface area (Å²) in [6, 6.07) is 9.76. The summed E-state index contributed by atoms with van der Waals surface area (Å²) in [6.07, 6.45) is 4.87. The SMILES string of the molecule is CC(=O)N1CCc2cc(NC(=O)CSCc3cn4cc(C)ccc4n3)ccc21. The summed E-state index contributed by atoms with van der Waals surface area (Å²) in [5, 5.41) is 2.95. The van der Waals surface area contributed by atoms with Gasteiger partial charge >= 0.3 is 0 Å². The van der Waals surface area contributed by atoms with Crippen LogP contribution in [0.1, 0.15) is 23.7 Å². The van der Waals surface area contributed by atoms with Crippen molar-refractivity contribution >= 4 is 40.6 Å². The van der Waals surface area contributed by atoms with E-state index in [2.05, 4.69) is 17.2 Å². The van der Waals surface area contributed by atoms with Gasteiger partial charge in [-0.1, -0.05) is 6.07 Å². The minimum Gasteiger partial charge on any atom is -0.325 e. The average molecular weight is 395 g/mol. The first-order valence-electron chi connectivity index (χ1n) is 9.22. The monoisotopic (exact) mass is 394 g/mol. The van der Waals surface area contributed by atoms with Gasteiger partial charge in [-0.2, -0.15) is 0 Å². The Balaban J connectivity index is 1.31. The molecule has 0 radical (unpaired) electrons. The maximum Gasteiger partial charge on any atom is 0.234 e. The molecule has 0 atom stereocenters. The van der Waals surface area contributed by atoms with Crippen molar-refractivity contribution in [2.75, 3.05) is 22.5 Å². The molecule has 7 heteroatoms. The molecule has 1 aliphatic rings. The highest BCUT2D eigenvalue weighted by Gasteiger charge is 2.22. The number of pyridine rings is 1. The van der Waals surface area contributed by atoms with E-state index in [1.165, 1.54) is 5.56 Å². The number of imidazole rings is 1. The number of carbonyl (C=O) groups is 2. The predicted molar refractivity (Wildman–Crippen MR) is 113 cm³/mol. The fourth-order valence-electron chi connectivity index (χ4n) is 3.48. The fraction of sp³-hybridized carbons (Fsp3) is 0.286. The number of fused-ring (bicyclic) bond motifs is 2. The summed E-state index contributed by atoms with van der Waals surface area (Å²) in [6.45, 7) is 4.33. The van der Waals surface area contributed by atoms with Gasteiger partial charge in [0.25, 0.3) is 0 Å². The zero-order valence-electron chi connectivity index (χ0n) is 15.9. The first-order valence-corrected chi connectivity index (χ1v) is 10.4. The quantitative estimate of drug-likeness (QED) is 0.720. The van der Waals surface area contributed by atoms with Gasteiger partial charge in [0.2, 0.25) is 11.8 Å². The Hall–Kier alpha value is -2.80. The molecule has 0 fully saturated rings. The van der Waals surface area contributed by atoms with Crippen molar-refractivity contribution in [1.29, 1.82) is 0 Å². The van der Waals surface area contributed by atoms with Gasteiger partial charge < -0.3 is 14.6 Å². The number of rotatable bonds is 5. The standard InChI is InChI=1S/C21H22N4O2S/c1-14-3-6-20-22-18(11-24(20)10-14)12-28-13-21(27)23-17-4-5-19-16(9-17)7-8-25(19)15(2)26/h3-6,9-11H,7-8,12-13H2,1-2H3,(H,23,27). The van der Waals surface area contributed by atoms with E-state index in [1.807, 2.05) is 47.1 Å². The molecule has 3 aromatic rings. The van der Waals surface area contributed by atoms with Crippen LogP contribution in [-0.4, -0.2) is 33.5 Å². The molecule has 0 unspecified atom stereocenters. The molecular weight excluding hydrogens is 372 g/mol. The summed E-state index contributed by atoms with van der Waals surface area (Å²) in [5.74, 6) is 1.06. The third kappa shape index (κ3) is 3.89. The van der Waals surface area contributed by atoms with Gasteiger partial charge in [0.15, 0.2) is 0 Å². The van der Waals surface area contributed by atoms with Gasteiger partial charge in [-0.05, 0) is 48.7 Å². The number of aromatic nitrogens is 2. The first-order chi connectivity index (χ1) is 13.5. The number of hydrogen-bond acceptors (Lipinski definition) is 4. The topological polar surface area (TPSA) is 66.7 Å². The Morgan fingerprint density at radius 3 is 2.89 bits per heavy atom. The number of hydrogen-bond donors (Lipinski definition) is 1. The van der Waals surface area contributed by atoms with Crippen LogP contribution in [0.5, 0.6) is 0 Å². The molecule has 0 bridgehead atoms. The van der Waals surface area contributed by atoms with Crippen LogP contribution in [0.4, 0.5) is 11.4 Å². The molecule has 2 aromatic heterocycles. The Labute approximate surface area is 167 Å². The van der Waals surface area contributed by atoms with Gasteiger partial charge in [-0.3, -0.25) is 9.59 Å². The molecule has 2 amide bonds. The molecule has 1 aromatic carbocycles. The minimum absolute atomic E-state index is 0.0361. The maximum absolute atomic E-state index is 12.3. The number of nitrogens with one attached hydrogen (secondary N) is 1. The number of thioether (sulfide) groups is 1. The Morgan fingerprint density at radius 1 is 1.21 bits per heavy atom. The van der Waals surface area contributed by atoms with E-state index >= 15 is 0 Å². The number of carbonyl (C=O) groups excluding carboxylic acids is 2. The normalized spacial score (nSPS) is 13.0. The van der Waals surface area contributed by atoms with Gasteiger partial charge in [-0.15, -0.1) is 11.8 Å². The third-order valence-corrected chi connectivity index (χ3v) is 5.74. The smallest absolute Gasteiger partial charge is 0.234 e. The third-order valence-electron chi connectivity index (χ3n) is 4.77. The van der Waals surface area contributed by atoms with Crippen LogP contribution >= 0.6 is 11.8 Å². The molecule has 4 rings (SSSR count). The first kappa shape index (κ1) is 18.6. The molecule has 144 valence electrons. The van der Waals surface area contributed by atoms with E-state index in [0.717, 1.165) is 34.7 Å². The zero-order valence-corrected chi connectivity index (χ0v) is 16.8. The lowest BCUT2D eigenvalue weighted by molar-refractivity contribution is -0.116. The van der Waals surface area contributed by atoms with Crippen molar-refractivity contribution < 1.29 is 9.59 Å². The zero-order chi connectivity index (χ0) is 19.7. The second kappa shape index (κ2) is 7.67. The number of nitrogens with zero attached hydrogens (tertiary/aromatic N) is 3. The van der Waals surface area contributed by atoms with E-state index in [9.17, 15) is 9.59 Å². The van der Waals surface area contributed by atoms with Crippen LogP contribution in [0.25, 0.3) is 5.65 Å². The van der Waals surface area contributed by atoms with E-state index in [0.29, 0.717) is 18.1 Å². The van der Waals surface area contributed by atoms with Gasteiger partial charge in [0, 0.05) is 43.0 Å². The molecule has 0 spiro atoms. The summed E-state index contributed by atoms with van der Waals surface area (Å²) < 4.78 is 2.01. The number of amides is 2. The lowest BCUT2D eigenvalue weighted by Gasteiger charge is -2.15. The highest BCUT2D eigenvalue weighted by Crippen LogP contribution is 2.30. The number of anilines is 2. The molecule has 0 aliphatic carbocycles. The molecule has 28 heavy (non-hydrogen) atoms. The minimum atomic E-state index is -0.0361.